The minimum Gasteiger partial charge on any atom is -0.480 e. The zero-order valence-corrected chi connectivity index (χ0v) is 13.0. The van der Waals surface area contributed by atoms with Gasteiger partial charge >= 0.3 is 12.1 Å². The molecule has 2 atom stereocenters. The average molecular weight is 345 g/mol. The van der Waals surface area contributed by atoms with Crippen LogP contribution in [0, 0.1) is 0 Å². The number of benzene rings is 1. The predicted octanol–water partition coefficient (Wildman–Crippen LogP) is 3.01. The molecule has 0 saturated carbocycles. The van der Waals surface area contributed by atoms with Crippen molar-refractivity contribution in [2.24, 2.45) is 0 Å². The van der Waals surface area contributed by atoms with Gasteiger partial charge in [-0.3, -0.25) is 4.79 Å². The van der Waals surface area contributed by atoms with Gasteiger partial charge < -0.3 is 15.2 Å². The van der Waals surface area contributed by atoms with Crippen LogP contribution in [0.5, 0.6) is 5.75 Å². The van der Waals surface area contributed by atoms with Crippen LogP contribution in [-0.2, 0) is 15.8 Å². The molecule has 0 fully saturated rings. The Balaban J connectivity index is 2.81. The molecule has 1 rings (SSSR count). The first-order chi connectivity index (χ1) is 11.2. The number of amides is 1. The molecule has 1 aromatic rings. The molecule has 1 aromatic carbocycles. The summed E-state index contributed by atoms with van der Waals surface area (Å²) in [7, 11) is 0. The quantitative estimate of drug-likeness (QED) is 0.710. The maximum atomic E-state index is 12.9. The summed E-state index contributed by atoms with van der Waals surface area (Å²) >= 11 is 0. The number of alkyl halides is 3. The number of halogens is 3. The van der Waals surface area contributed by atoms with Crippen molar-refractivity contribution in [1.29, 1.82) is 0 Å². The molecule has 5 nitrogen and oxygen atoms in total. The maximum Gasteiger partial charge on any atom is 0.419 e. The van der Waals surface area contributed by atoms with Crippen LogP contribution in [0.4, 0.5) is 13.2 Å². The van der Waals surface area contributed by atoms with Gasteiger partial charge in [-0.1, -0.05) is 18.2 Å². The van der Waals surface area contributed by atoms with E-state index < -0.39 is 41.5 Å². The molecule has 2 N–H and O–H groups in total. The van der Waals surface area contributed by atoms with Crippen molar-refractivity contribution < 1.29 is 32.6 Å². The number of hydrogen-bond donors (Lipinski definition) is 2. The second-order valence-electron chi connectivity index (χ2n) is 5.02. The summed E-state index contributed by atoms with van der Waals surface area (Å²) in [5.41, 5.74) is -1.01. The van der Waals surface area contributed by atoms with E-state index in [2.05, 4.69) is 11.9 Å². The second-order valence-corrected chi connectivity index (χ2v) is 5.02. The Hall–Kier alpha value is -2.51. The van der Waals surface area contributed by atoms with Crippen LogP contribution in [0.25, 0.3) is 0 Å². The topological polar surface area (TPSA) is 75.6 Å². The summed E-state index contributed by atoms with van der Waals surface area (Å²) in [5.74, 6) is -2.55. The van der Waals surface area contributed by atoms with Crippen molar-refractivity contribution in [2.75, 3.05) is 0 Å². The molecular weight excluding hydrogens is 327 g/mol. The molecule has 0 aliphatic rings. The minimum absolute atomic E-state index is 0.121. The fourth-order valence-corrected chi connectivity index (χ4v) is 1.88. The summed E-state index contributed by atoms with van der Waals surface area (Å²) in [5, 5.41) is 11.3. The Bertz CT molecular complexity index is 601. The lowest BCUT2D eigenvalue weighted by atomic mass is 10.1. The molecular formula is C16H18F3NO4. The first-order valence-electron chi connectivity index (χ1n) is 7.13. The van der Waals surface area contributed by atoms with Gasteiger partial charge in [0.1, 0.15) is 11.8 Å². The molecule has 1 amide bonds. The average Bonchev–Trinajstić information content (AvgIpc) is 2.50. The van der Waals surface area contributed by atoms with Gasteiger partial charge in [-0.2, -0.15) is 13.2 Å². The van der Waals surface area contributed by atoms with Crippen LogP contribution in [0.1, 0.15) is 25.3 Å². The lowest BCUT2D eigenvalue weighted by Crippen LogP contribution is -2.46. The number of para-hydroxylation sites is 1. The highest BCUT2D eigenvalue weighted by Gasteiger charge is 2.35. The summed E-state index contributed by atoms with van der Waals surface area (Å²) in [6.07, 6.45) is -3.93. The van der Waals surface area contributed by atoms with E-state index in [0.717, 1.165) is 12.1 Å². The first kappa shape index (κ1) is 19.5. The number of rotatable bonds is 8. The van der Waals surface area contributed by atoms with Crippen LogP contribution >= 0.6 is 0 Å². The lowest BCUT2D eigenvalue weighted by molar-refractivity contribution is -0.143. The van der Waals surface area contributed by atoms with Gasteiger partial charge in [-0.25, -0.2) is 4.79 Å². The Kier molecular flexibility index (Phi) is 6.82. The van der Waals surface area contributed by atoms with Gasteiger partial charge in [0.15, 0.2) is 6.10 Å². The molecule has 0 aliphatic heterocycles. The molecule has 0 heterocycles. The number of allylic oxidation sites excluding steroid dienone is 1. The number of ether oxygens (including phenoxy) is 1. The van der Waals surface area contributed by atoms with Crippen molar-refractivity contribution in [3.63, 3.8) is 0 Å². The van der Waals surface area contributed by atoms with E-state index in [1.54, 1.807) is 0 Å². The number of hydrogen-bond acceptors (Lipinski definition) is 3. The third kappa shape index (κ3) is 5.60. The van der Waals surface area contributed by atoms with Crippen molar-refractivity contribution in [3.8, 4) is 5.75 Å². The SMILES string of the molecule is C=CCCC(NC(=O)C(C)Oc1ccccc1C(F)(F)F)C(=O)O. The van der Waals surface area contributed by atoms with Crippen LogP contribution in [0.15, 0.2) is 36.9 Å². The standard InChI is InChI=1S/C16H18F3NO4/c1-3-4-8-12(15(22)23)20-14(21)10(2)24-13-9-6-5-7-11(13)16(17,18)19/h3,5-7,9-10,12H,1,4,8H2,2H3,(H,20,21)(H,22,23). The molecule has 8 heteroatoms. The fourth-order valence-electron chi connectivity index (χ4n) is 1.88. The number of carbonyl (C=O) groups excluding carboxylic acids is 1. The second kappa shape index (κ2) is 8.37. The Morgan fingerprint density at radius 3 is 2.54 bits per heavy atom. The van der Waals surface area contributed by atoms with Crippen molar-refractivity contribution in [1.82, 2.24) is 5.32 Å². The zero-order chi connectivity index (χ0) is 18.3. The summed E-state index contributed by atoms with van der Waals surface area (Å²) in [6, 6.07) is 3.32. The molecule has 132 valence electrons. The van der Waals surface area contributed by atoms with Gasteiger partial charge in [0.05, 0.1) is 5.56 Å². The summed E-state index contributed by atoms with van der Waals surface area (Å²) in [6.45, 7) is 4.70. The van der Waals surface area contributed by atoms with Crippen LogP contribution < -0.4 is 10.1 Å². The van der Waals surface area contributed by atoms with Crippen LogP contribution in [-0.4, -0.2) is 29.1 Å². The number of carbonyl (C=O) groups is 2. The van der Waals surface area contributed by atoms with E-state index in [4.69, 9.17) is 9.84 Å². The van der Waals surface area contributed by atoms with E-state index in [0.29, 0.717) is 6.42 Å². The lowest BCUT2D eigenvalue weighted by Gasteiger charge is -2.20. The van der Waals surface area contributed by atoms with Gasteiger partial charge in [0.2, 0.25) is 0 Å². The third-order valence-electron chi connectivity index (χ3n) is 3.14. The monoisotopic (exact) mass is 345 g/mol. The van der Waals surface area contributed by atoms with Crippen LogP contribution in [0.3, 0.4) is 0 Å². The van der Waals surface area contributed by atoms with Crippen LogP contribution in [0.2, 0.25) is 0 Å². The molecule has 0 bridgehead atoms. The van der Waals surface area contributed by atoms with E-state index in [-0.39, 0.29) is 6.42 Å². The number of aliphatic carboxylic acids is 1. The molecule has 24 heavy (non-hydrogen) atoms. The Morgan fingerprint density at radius 2 is 2.00 bits per heavy atom. The Morgan fingerprint density at radius 1 is 1.38 bits per heavy atom. The predicted molar refractivity (Wildman–Crippen MR) is 80.5 cm³/mol. The number of carboxylic acids is 1. The van der Waals surface area contributed by atoms with E-state index >= 15 is 0 Å². The van der Waals surface area contributed by atoms with Gasteiger partial charge in [-0.05, 0) is 31.9 Å². The van der Waals surface area contributed by atoms with Gasteiger partial charge in [-0.15, -0.1) is 6.58 Å². The smallest absolute Gasteiger partial charge is 0.419 e. The maximum absolute atomic E-state index is 12.9. The Labute approximate surface area is 137 Å². The highest BCUT2D eigenvalue weighted by molar-refractivity contribution is 5.86. The van der Waals surface area contributed by atoms with Crippen molar-refractivity contribution in [2.45, 2.75) is 38.1 Å². The number of nitrogens with one attached hydrogen (secondary N) is 1. The van der Waals surface area contributed by atoms with Gasteiger partial charge in [0, 0.05) is 0 Å². The first-order valence-corrected chi connectivity index (χ1v) is 7.13. The molecule has 0 aliphatic carbocycles. The van der Waals surface area contributed by atoms with Crippen molar-refractivity contribution in [3.05, 3.63) is 42.5 Å². The highest BCUT2D eigenvalue weighted by Crippen LogP contribution is 2.36. The van der Waals surface area contributed by atoms with E-state index in [1.165, 1.54) is 25.1 Å². The normalized spacial score (nSPS) is 13.7. The summed E-state index contributed by atoms with van der Waals surface area (Å²) < 4.78 is 43.7. The molecule has 0 saturated heterocycles. The fraction of sp³-hybridized carbons (Fsp3) is 0.375. The largest absolute Gasteiger partial charge is 0.480 e. The van der Waals surface area contributed by atoms with Gasteiger partial charge in [0.25, 0.3) is 5.91 Å². The molecule has 0 radical (unpaired) electrons. The molecule has 0 aromatic heterocycles. The van der Waals surface area contributed by atoms with Crippen molar-refractivity contribution >= 4 is 11.9 Å². The van der Waals surface area contributed by atoms with E-state index in [1.807, 2.05) is 0 Å². The highest BCUT2D eigenvalue weighted by atomic mass is 19.4. The third-order valence-corrected chi connectivity index (χ3v) is 3.14. The zero-order valence-electron chi connectivity index (χ0n) is 13.0. The molecule has 0 spiro atoms. The summed E-state index contributed by atoms with van der Waals surface area (Å²) in [4.78, 5) is 23.0. The molecule has 2 unspecified atom stereocenters. The minimum atomic E-state index is -4.62. The van der Waals surface area contributed by atoms with E-state index in [9.17, 15) is 22.8 Å². The number of carboxylic acid groups (broad SMARTS) is 1.